The molecule has 0 fully saturated rings. The van der Waals surface area contributed by atoms with Gasteiger partial charge in [0, 0.05) is 0 Å². The van der Waals surface area contributed by atoms with Crippen molar-refractivity contribution in [1.82, 2.24) is 0 Å². The van der Waals surface area contributed by atoms with E-state index in [1.54, 1.807) is 0 Å². The maximum atomic E-state index is 10.6. The van der Waals surface area contributed by atoms with Gasteiger partial charge in [-0.2, -0.15) is 8.42 Å². The Morgan fingerprint density at radius 2 is 1.37 bits per heavy atom. The van der Waals surface area contributed by atoms with Crippen molar-refractivity contribution in [2.75, 3.05) is 5.75 Å². The molecule has 0 bridgehead atoms. The molecule has 108 valence electrons. The molecule has 1 aromatic carbocycles. The van der Waals surface area contributed by atoms with Crippen molar-refractivity contribution in [2.24, 2.45) is 0 Å². The van der Waals surface area contributed by atoms with Crippen LogP contribution in [-0.2, 0) is 23.0 Å². The fraction of sp³-hybridized carbons (Fsp3) is 0.600. The largest absolute Gasteiger partial charge is 0.286 e. The average Bonchev–Trinajstić information content (AvgIpc) is 2.36. The topological polar surface area (TPSA) is 54.4 Å². The highest BCUT2D eigenvalue weighted by molar-refractivity contribution is 7.85. The number of hydrogen-bond acceptors (Lipinski definition) is 2. The van der Waals surface area contributed by atoms with Gasteiger partial charge in [-0.25, -0.2) is 0 Å². The monoisotopic (exact) mass is 284 g/mol. The summed E-state index contributed by atoms with van der Waals surface area (Å²) < 4.78 is 29.8. The number of benzene rings is 1. The summed E-state index contributed by atoms with van der Waals surface area (Å²) in [6.45, 7) is 2.20. The molecule has 0 aliphatic carbocycles. The Hall–Kier alpha value is -0.870. The van der Waals surface area contributed by atoms with Crippen molar-refractivity contribution in [1.29, 1.82) is 0 Å². The molecule has 0 saturated carbocycles. The summed E-state index contributed by atoms with van der Waals surface area (Å²) in [5, 5.41) is 0. The highest BCUT2D eigenvalue weighted by Gasteiger charge is 2.03. The molecule has 0 unspecified atom stereocenters. The lowest BCUT2D eigenvalue weighted by atomic mass is 10.0. The first kappa shape index (κ1) is 16.2. The van der Waals surface area contributed by atoms with E-state index in [4.69, 9.17) is 4.55 Å². The van der Waals surface area contributed by atoms with Crippen LogP contribution in [0.25, 0.3) is 0 Å². The lowest BCUT2D eigenvalue weighted by molar-refractivity contribution is 0.480. The highest BCUT2D eigenvalue weighted by atomic mass is 32.2. The van der Waals surface area contributed by atoms with Gasteiger partial charge < -0.3 is 0 Å². The fourth-order valence-electron chi connectivity index (χ4n) is 2.07. The molecular formula is C15H24O3S. The van der Waals surface area contributed by atoms with E-state index in [1.165, 1.54) is 30.4 Å². The molecule has 0 saturated heterocycles. The normalized spacial score (nSPS) is 11.7. The third kappa shape index (κ3) is 8.01. The van der Waals surface area contributed by atoms with Gasteiger partial charge in [-0.1, -0.05) is 44.0 Å². The molecular weight excluding hydrogens is 260 g/mol. The Morgan fingerprint density at radius 1 is 0.895 bits per heavy atom. The van der Waals surface area contributed by atoms with Crippen LogP contribution in [0.5, 0.6) is 0 Å². The van der Waals surface area contributed by atoms with Crippen LogP contribution in [0.3, 0.4) is 0 Å². The van der Waals surface area contributed by atoms with Crippen LogP contribution in [0.4, 0.5) is 0 Å². The van der Waals surface area contributed by atoms with E-state index < -0.39 is 10.1 Å². The van der Waals surface area contributed by atoms with Crippen molar-refractivity contribution < 1.29 is 13.0 Å². The van der Waals surface area contributed by atoms with E-state index in [0.29, 0.717) is 6.42 Å². The number of aryl methyl sites for hydroxylation is 2. The first-order valence-corrected chi connectivity index (χ1v) is 8.65. The van der Waals surface area contributed by atoms with Gasteiger partial charge in [-0.15, -0.1) is 0 Å². The van der Waals surface area contributed by atoms with E-state index in [9.17, 15) is 8.42 Å². The third-order valence-corrected chi connectivity index (χ3v) is 4.01. The predicted octanol–water partition coefficient (Wildman–Crippen LogP) is 3.63. The van der Waals surface area contributed by atoms with E-state index in [0.717, 1.165) is 19.3 Å². The van der Waals surface area contributed by atoms with Crippen molar-refractivity contribution >= 4 is 10.1 Å². The van der Waals surface area contributed by atoms with Crippen molar-refractivity contribution in [3.05, 3.63) is 35.4 Å². The van der Waals surface area contributed by atoms with E-state index in [2.05, 4.69) is 31.2 Å². The van der Waals surface area contributed by atoms with Crippen LogP contribution in [-0.4, -0.2) is 18.7 Å². The van der Waals surface area contributed by atoms with Crippen LogP contribution < -0.4 is 0 Å². The van der Waals surface area contributed by atoms with Crippen LogP contribution in [0, 0.1) is 0 Å². The average molecular weight is 284 g/mol. The van der Waals surface area contributed by atoms with Gasteiger partial charge in [0.2, 0.25) is 0 Å². The number of unbranched alkanes of at least 4 members (excludes halogenated alkanes) is 3. The van der Waals surface area contributed by atoms with Gasteiger partial charge in [0.25, 0.3) is 10.1 Å². The Bertz CT molecular complexity index is 449. The lowest BCUT2D eigenvalue weighted by Crippen LogP contribution is -2.03. The molecule has 0 aliphatic heterocycles. The first-order chi connectivity index (χ1) is 9.01. The molecule has 3 nitrogen and oxygen atoms in total. The zero-order valence-electron chi connectivity index (χ0n) is 11.6. The third-order valence-electron chi connectivity index (χ3n) is 3.21. The van der Waals surface area contributed by atoms with E-state index in [1.807, 2.05) is 0 Å². The highest BCUT2D eigenvalue weighted by Crippen LogP contribution is 2.11. The second-order valence-electron chi connectivity index (χ2n) is 5.02. The lowest BCUT2D eigenvalue weighted by Gasteiger charge is -2.04. The minimum absolute atomic E-state index is 0.137. The molecule has 4 heteroatoms. The maximum Gasteiger partial charge on any atom is 0.264 e. The number of hydrogen-bond donors (Lipinski definition) is 1. The van der Waals surface area contributed by atoms with Crippen LogP contribution in [0.2, 0.25) is 0 Å². The van der Waals surface area contributed by atoms with Gasteiger partial charge in [0.05, 0.1) is 5.75 Å². The van der Waals surface area contributed by atoms with Crippen LogP contribution >= 0.6 is 0 Å². The maximum absolute atomic E-state index is 10.6. The second kappa shape index (κ2) is 8.33. The Balaban J connectivity index is 2.28. The zero-order chi connectivity index (χ0) is 14.1. The molecule has 0 amide bonds. The molecule has 0 heterocycles. The van der Waals surface area contributed by atoms with Crippen molar-refractivity contribution in [3.63, 3.8) is 0 Å². The number of rotatable bonds is 9. The predicted molar refractivity (Wildman–Crippen MR) is 79.0 cm³/mol. The Kier molecular flexibility index (Phi) is 7.10. The molecule has 1 aromatic rings. The Morgan fingerprint density at radius 3 is 1.79 bits per heavy atom. The molecule has 0 aromatic heterocycles. The molecule has 0 spiro atoms. The molecule has 0 radical (unpaired) electrons. The minimum atomic E-state index is -3.80. The van der Waals surface area contributed by atoms with Crippen molar-refractivity contribution in [3.8, 4) is 0 Å². The van der Waals surface area contributed by atoms with Crippen LogP contribution in [0.15, 0.2) is 24.3 Å². The summed E-state index contributed by atoms with van der Waals surface area (Å²) in [6.07, 6.45) is 7.06. The smallest absolute Gasteiger partial charge is 0.264 e. The summed E-state index contributed by atoms with van der Waals surface area (Å²) in [5.74, 6) is -0.137. The van der Waals surface area contributed by atoms with Gasteiger partial charge in [0.1, 0.15) is 0 Å². The summed E-state index contributed by atoms with van der Waals surface area (Å²) in [7, 11) is -3.80. The first-order valence-electron chi connectivity index (χ1n) is 7.04. The molecule has 1 N–H and O–H groups in total. The molecule has 0 aliphatic rings. The molecule has 1 rings (SSSR count). The van der Waals surface area contributed by atoms with E-state index in [-0.39, 0.29) is 5.75 Å². The van der Waals surface area contributed by atoms with Gasteiger partial charge in [-0.3, -0.25) is 4.55 Å². The van der Waals surface area contributed by atoms with Gasteiger partial charge in [0.15, 0.2) is 0 Å². The van der Waals surface area contributed by atoms with E-state index >= 15 is 0 Å². The Labute approximate surface area is 116 Å². The minimum Gasteiger partial charge on any atom is -0.286 e. The summed E-state index contributed by atoms with van der Waals surface area (Å²) in [4.78, 5) is 0. The van der Waals surface area contributed by atoms with Gasteiger partial charge in [-0.05, 0) is 43.2 Å². The van der Waals surface area contributed by atoms with Crippen molar-refractivity contribution in [2.45, 2.75) is 51.9 Å². The standard InChI is InChI=1S/C15H24O3S/c1-2-3-4-7-14-9-11-15(12-10-14)8-5-6-13-19(16,17)18/h9-12H,2-8,13H2,1H3,(H,16,17,18). The molecule has 0 atom stereocenters. The summed E-state index contributed by atoms with van der Waals surface area (Å²) in [5.41, 5.74) is 2.60. The second-order valence-corrected chi connectivity index (χ2v) is 6.59. The zero-order valence-corrected chi connectivity index (χ0v) is 12.5. The SMILES string of the molecule is CCCCCc1ccc(CCCCS(=O)(=O)O)cc1. The summed E-state index contributed by atoms with van der Waals surface area (Å²) in [6, 6.07) is 8.56. The summed E-state index contributed by atoms with van der Waals surface area (Å²) >= 11 is 0. The van der Waals surface area contributed by atoms with Crippen LogP contribution in [0.1, 0.15) is 50.2 Å². The quantitative estimate of drug-likeness (QED) is 0.556. The molecule has 19 heavy (non-hydrogen) atoms. The fourth-order valence-corrected chi connectivity index (χ4v) is 2.63. The van der Waals surface area contributed by atoms with Gasteiger partial charge >= 0.3 is 0 Å².